The van der Waals surface area contributed by atoms with Gasteiger partial charge in [0.05, 0.1) is 18.6 Å². The molecule has 2 N–H and O–H groups in total. The fraction of sp³-hybridized carbons (Fsp3) is 0.812. The number of aryl methyl sites for hydroxylation is 1. The molecule has 1 aromatic rings. The molecule has 2 atom stereocenters. The van der Waals surface area contributed by atoms with Gasteiger partial charge in [-0.05, 0) is 58.8 Å². The molecule has 0 bridgehead atoms. The van der Waals surface area contributed by atoms with Gasteiger partial charge in [-0.15, -0.1) is 0 Å². The fourth-order valence-electron chi connectivity index (χ4n) is 3.51. The normalized spacial score (nSPS) is 23.1. The van der Waals surface area contributed by atoms with Gasteiger partial charge in [-0.1, -0.05) is 0 Å². The third-order valence-corrected chi connectivity index (χ3v) is 4.76. The highest BCUT2D eigenvalue weighted by Crippen LogP contribution is 2.30. The van der Waals surface area contributed by atoms with E-state index in [9.17, 15) is 5.11 Å². The van der Waals surface area contributed by atoms with Gasteiger partial charge in [0.1, 0.15) is 0 Å². The molecule has 0 radical (unpaired) electrons. The summed E-state index contributed by atoms with van der Waals surface area (Å²) in [7, 11) is 0. The lowest BCUT2D eigenvalue weighted by molar-refractivity contribution is 0.148. The second kappa shape index (κ2) is 5.49. The van der Waals surface area contributed by atoms with Crippen LogP contribution >= 0.6 is 0 Å². The molecule has 112 valence electrons. The summed E-state index contributed by atoms with van der Waals surface area (Å²) in [6, 6.07) is 1.00. The molecular weight excluding hydrogens is 250 g/mol. The first-order valence-electron chi connectivity index (χ1n) is 8.04. The predicted molar refractivity (Wildman–Crippen MR) is 79.8 cm³/mol. The minimum Gasteiger partial charge on any atom is -0.394 e. The molecule has 3 rings (SSSR count). The number of aliphatic hydroxyl groups excluding tert-OH is 1. The van der Waals surface area contributed by atoms with Crippen LogP contribution in [0.1, 0.15) is 63.4 Å². The van der Waals surface area contributed by atoms with E-state index in [2.05, 4.69) is 28.7 Å². The lowest BCUT2D eigenvalue weighted by Gasteiger charge is -2.33. The Morgan fingerprint density at radius 2 is 2.20 bits per heavy atom. The highest BCUT2D eigenvalue weighted by atomic mass is 16.3. The van der Waals surface area contributed by atoms with Crippen LogP contribution in [0.2, 0.25) is 0 Å². The van der Waals surface area contributed by atoms with Crippen LogP contribution in [0, 0.1) is 0 Å². The summed E-state index contributed by atoms with van der Waals surface area (Å²) in [5.41, 5.74) is 2.55. The van der Waals surface area contributed by atoms with Gasteiger partial charge in [0.2, 0.25) is 0 Å². The first kappa shape index (κ1) is 14.1. The highest BCUT2D eigenvalue weighted by molar-refractivity contribution is 5.17. The first-order valence-corrected chi connectivity index (χ1v) is 8.04. The van der Waals surface area contributed by atoms with Gasteiger partial charge in [0, 0.05) is 23.3 Å². The molecule has 0 aliphatic heterocycles. The van der Waals surface area contributed by atoms with E-state index in [1.807, 2.05) is 6.33 Å². The second-order valence-electron chi connectivity index (χ2n) is 6.94. The highest BCUT2D eigenvalue weighted by Gasteiger charge is 2.34. The van der Waals surface area contributed by atoms with Crippen molar-refractivity contribution in [3.63, 3.8) is 0 Å². The number of rotatable bonds is 6. The Hall–Kier alpha value is -0.870. The van der Waals surface area contributed by atoms with Gasteiger partial charge in [0.15, 0.2) is 0 Å². The number of imidazole rings is 1. The Morgan fingerprint density at radius 3 is 2.90 bits per heavy atom. The van der Waals surface area contributed by atoms with Crippen molar-refractivity contribution in [1.82, 2.24) is 14.9 Å². The van der Waals surface area contributed by atoms with Crippen molar-refractivity contribution in [2.24, 2.45) is 0 Å². The summed E-state index contributed by atoms with van der Waals surface area (Å²) in [6.07, 6.45) is 10.3. The van der Waals surface area contributed by atoms with E-state index in [0.717, 1.165) is 19.3 Å². The molecule has 2 unspecified atom stereocenters. The SMILES string of the molecule is CC(CC(C)(CO)NC1CC1)n1cnc2c1CCCC2. The molecule has 0 amide bonds. The number of nitrogens with one attached hydrogen (secondary N) is 1. The van der Waals surface area contributed by atoms with Crippen molar-refractivity contribution in [2.75, 3.05) is 6.61 Å². The summed E-state index contributed by atoms with van der Waals surface area (Å²) in [5, 5.41) is 13.4. The molecule has 2 aliphatic rings. The lowest BCUT2D eigenvalue weighted by Crippen LogP contribution is -2.48. The van der Waals surface area contributed by atoms with Gasteiger partial charge in [-0.2, -0.15) is 0 Å². The van der Waals surface area contributed by atoms with Crippen molar-refractivity contribution < 1.29 is 5.11 Å². The minimum atomic E-state index is -0.174. The molecule has 0 saturated heterocycles. The van der Waals surface area contributed by atoms with Gasteiger partial charge in [0.25, 0.3) is 0 Å². The zero-order valence-corrected chi connectivity index (χ0v) is 12.7. The molecule has 0 aromatic carbocycles. The van der Waals surface area contributed by atoms with Crippen molar-refractivity contribution in [3.8, 4) is 0 Å². The van der Waals surface area contributed by atoms with Crippen LogP contribution < -0.4 is 5.32 Å². The molecule has 1 aromatic heterocycles. The molecule has 2 aliphatic carbocycles. The van der Waals surface area contributed by atoms with Gasteiger partial charge < -0.3 is 15.0 Å². The average Bonchev–Trinajstić information content (AvgIpc) is 3.14. The number of fused-ring (bicyclic) bond motifs is 1. The summed E-state index contributed by atoms with van der Waals surface area (Å²) in [4.78, 5) is 4.59. The van der Waals surface area contributed by atoms with E-state index < -0.39 is 0 Å². The van der Waals surface area contributed by atoms with Crippen LogP contribution in [0.15, 0.2) is 6.33 Å². The maximum Gasteiger partial charge on any atom is 0.0954 e. The number of aromatic nitrogens is 2. The number of hydrogen-bond donors (Lipinski definition) is 2. The second-order valence-corrected chi connectivity index (χ2v) is 6.94. The van der Waals surface area contributed by atoms with Crippen LogP contribution in [-0.4, -0.2) is 32.8 Å². The van der Waals surface area contributed by atoms with E-state index in [1.165, 1.54) is 37.1 Å². The topological polar surface area (TPSA) is 50.1 Å². The quantitative estimate of drug-likeness (QED) is 0.838. The molecule has 1 fully saturated rings. The Balaban J connectivity index is 1.71. The van der Waals surface area contributed by atoms with E-state index in [0.29, 0.717) is 12.1 Å². The van der Waals surface area contributed by atoms with Crippen molar-refractivity contribution in [1.29, 1.82) is 0 Å². The molecule has 4 heteroatoms. The molecule has 4 nitrogen and oxygen atoms in total. The van der Waals surface area contributed by atoms with E-state index in [4.69, 9.17) is 0 Å². The van der Waals surface area contributed by atoms with Crippen LogP contribution in [0.5, 0.6) is 0 Å². The van der Waals surface area contributed by atoms with E-state index in [-0.39, 0.29) is 12.1 Å². The van der Waals surface area contributed by atoms with Crippen LogP contribution in [0.25, 0.3) is 0 Å². The lowest BCUT2D eigenvalue weighted by atomic mass is 9.93. The van der Waals surface area contributed by atoms with Crippen LogP contribution in [0.3, 0.4) is 0 Å². The smallest absolute Gasteiger partial charge is 0.0954 e. The van der Waals surface area contributed by atoms with E-state index in [1.54, 1.807) is 0 Å². The largest absolute Gasteiger partial charge is 0.394 e. The first-order chi connectivity index (χ1) is 9.61. The van der Waals surface area contributed by atoms with Crippen LogP contribution in [-0.2, 0) is 12.8 Å². The van der Waals surface area contributed by atoms with Crippen LogP contribution in [0.4, 0.5) is 0 Å². The van der Waals surface area contributed by atoms with Gasteiger partial charge in [-0.3, -0.25) is 0 Å². The fourth-order valence-corrected chi connectivity index (χ4v) is 3.51. The van der Waals surface area contributed by atoms with Crippen molar-refractivity contribution in [3.05, 3.63) is 17.7 Å². The summed E-state index contributed by atoms with van der Waals surface area (Å²) in [6.45, 7) is 4.59. The standard InChI is InChI=1S/C16H27N3O/c1-12(9-16(2,10-20)18-13-7-8-13)19-11-17-14-5-3-4-6-15(14)19/h11-13,18,20H,3-10H2,1-2H3. The summed E-state index contributed by atoms with van der Waals surface area (Å²) in [5.74, 6) is 0. The Morgan fingerprint density at radius 1 is 1.45 bits per heavy atom. The number of nitrogens with zero attached hydrogens (tertiary/aromatic N) is 2. The number of hydrogen-bond acceptors (Lipinski definition) is 3. The molecular formula is C16H27N3O. The van der Waals surface area contributed by atoms with Gasteiger partial charge in [-0.25, -0.2) is 4.98 Å². The minimum absolute atomic E-state index is 0.174. The molecule has 20 heavy (non-hydrogen) atoms. The average molecular weight is 277 g/mol. The Kier molecular flexibility index (Phi) is 3.87. The Bertz CT molecular complexity index is 466. The van der Waals surface area contributed by atoms with E-state index >= 15 is 0 Å². The zero-order valence-electron chi connectivity index (χ0n) is 12.7. The monoisotopic (exact) mass is 277 g/mol. The van der Waals surface area contributed by atoms with Crippen molar-refractivity contribution in [2.45, 2.75) is 76.4 Å². The molecule has 1 heterocycles. The zero-order chi connectivity index (χ0) is 14.2. The third kappa shape index (κ3) is 2.91. The van der Waals surface area contributed by atoms with Gasteiger partial charge >= 0.3 is 0 Å². The number of aliphatic hydroxyl groups is 1. The van der Waals surface area contributed by atoms with Crippen molar-refractivity contribution >= 4 is 0 Å². The predicted octanol–water partition coefficient (Wildman–Crippen LogP) is 2.22. The molecule has 1 saturated carbocycles. The summed E-state index contributed by atoms with van der Waals surface area (Å²) >= 11 is 0. The maximum absolute atomic E-state index is 9.76. The molecule has 0 spiro atoms. The maximum atomic E-state index is 9.76. The summed E-state index contributed by atoms with van der Waals surface area (Å²) < 4.78 is 2.34. The Labute approximate surface area is 121 Å². The third-order valence-electron chi connectivity index (χ3n) is 4.76.